The summed E-state index contributed by atoms with van der Waals surface area (Å²) in [6.07, 6.45) is 1.15. The van der Waals surface area contributed by atoms with E-state index < -0.39 is 0 Å². The average molecular weight is 251 g/mol. The Kier molecular flexibility index (Phi) is 3.75. The van der Waals surface area contributed by atoms with E-state index in [0.29, 0.717) is 6.04 Å². The summed E-state index contributed by atoms with van der Waals surface area (Å²) in [6.45, 7) is 7.53. The molecule has 1 aromatic carbocycles. The van der Waals surface area contributed by atoms with Gasteiger partial charge in [0.25, 0.3) is 0 Å². The lowest BCUT2D eigenvalue weighted by Gasteiger charge is -2.14. The highest BCUT2D eigenvalue weighted by atomic mass is 35.5. The summed E-state index contributed by atoms with van der Waals surface area (Å²) in [5.41, 5.74) is 3.71. The van der Waals surface area contributed by atoms with Crippen LogP contribution in [0, 0.1) is 6.92 Å². The predicted octanol–water partition coefficient (Wildman–Crippen LogP) is 4.19. The minimum atomic E-state index is 0.349. The normalized spacial score (nSPS) is 13.2. The number of hydrogen-bond donors (Lipinski definition) is 2. The molecule has 0 spiro atoms. The van der Waals surface area contributed by atoms with Gasteiger partial charge in [-0.15, -0.1) is 0 Å². The molecule has 0 aliphatic carbocycles. The highest BCUT2D eigenvalue weighted by Gasteiger charge is 2.14. The quantitative estimate of drug-likeness (QED) is 0.837. The number of aryl methyl sites for hydroxylation is 1. The van der Waals surface area contributed by atoms with Crippen molar-refractivity contribution in [1.82, 2.24) is 10.3 Å². The zero-order chi connectivity index (χ0) is 12.4. The van der Waals surface area contributed by atoms with Gasteiger partial charge in [-0.2, -0.15) is 0 Å². The number of rotatable bonds is 4. The van der Waals surface area contributed by atoms with Gasteiger partial charge in [0.15, 0.2) is 0 Å². The lowest BCUT2D eigenvalue weighted by atomic mass is 10.0. The number of H-pyrrole nitrogens is 1. The van der Waals surface area contributed by atoms with Crippen LogP contribution in [0.3, 0.4) is 0 Å². The van der Waals surface area contributed by atoms with Crippen LogP contribution in [-0.4, -0.2) is 11.5 Å². The fraction of sp³-hybridized carbons (Fsp3) is 0.429. The molecule has 2 nitrogen and oxygen atoms in total. The first kappa shape index (κ1) is 12.5. The van der Waals surface area contributed by atoms with E-state index in [0.717, 1.165) is 23.5 Å². The lowest BCUT2D eigenvalue weighted by Crippen LogP contribution is -2.19. The van der Waals surface area contributed by atoms with Crippen molar-refractivity contribution < 1.29 is 0 Å². The average Bonchev–Trinajstić information content (AvgIpc) is 2.61. The van der Waals surface area contributed by atoms with E-state index in [1.165, 1.54) is 16.6 Å². The number of fused-ring (bicyclic) bond motifs is 1. The number of halogens is 1. The molecule has 2 rings (SSSR count). The van der Waals surface area contributed by atoms with Crippen molar-refractivity contribution in [2.24, 2.45) is 0 Å². The van der Waals surface area contributed by atoms with Gasteiger partial charge >= 0.3 is 0 Å². The Balaban J connectivity index is 2.44. The van der Waals surface area contributed by atoms with Crippen LogP contribution in [0.25, 0.3) is 10.9 Å². The van der Waals surface area contributed by atoms with E-state index in [1.807, 2.05) is 18.2 Å². The molecule has 3 heteroatoms. The van der Waals surface area contributed by atoms with Crippen LogP contribution < -0.4 is 5.32 Å². The fourth-order valence-corrected chi connectivity index (χ4v) is 2.51. The molecule has 2 N–H and O–H groups in total. The Morgan fingerprint density at radius 2 is 2.18 bits per heavy atom. The Morgan fingerprint density at radius 1 is 1.41 bits per heavy atom. The maximum absolute atomic E-state index is 6.07. The molecule has 1 aromatic heterocycles. The van der Waals surface area contributed by atoms with Crippen molar-refractivity contribution in [1.29, 1.82) is 0 Å². The molecule has 1 heterocycles. The van der Waals surface area contributed by atoms with Crippen LogP contribution >= 0.6 is 11.6 Å². The predicted molar refractivity (Wildman–Crippen MR) is 74.8 cm³/mol. The van der Waals surface area contributed by atoms with Crippen LogP contribution in [0.2, 0.25) is 5.02 Å². The first-order valence-electron chi connectivity index (χ1n) is 6.14. The topological polar surface area (TPSA) is 27.8 Å². The van der Waals surface area contributed by atoms with Crippen LogP contribution in [0.1, 0.15) is 37.6 Å². The maximum Gasteiger partial charge on any atom is 0.0460 e. The smallest absolute Gasteiger partial charge is 0.0460 e. The number of benzene rings is 1. The highest BCUT2D eigenvalue weighted by Crippen LogP contribution is 2.29. The third-order valence-corrected chi connectivity index (χ3v) is 3.37. The highest BCUT2D eigenvalue weighted by molar-refractivity contribution is 6.31. The molecule has 2 aromatic rings. The largest absolute Gasteiger partial charge is 0.358 e. The zero-order valence-corrected chi connectivity index (χ0v) is 11.4. The first-order chi connectivity index (χ1) is 8.13. The van der Waals surface area contributed by atoms with Gasteiger partial charge < -0.3 is 10.3 Å². The van der Waals surface area contributed by atoms with Crippen molar-refractivity contribution in [3.63, 3.8) is 0 Å². The second-order valence-corrected chi connectivity index (χ2v) is 4.97. The zero-order valence-electron chi connectivity index (χ0n) is 10.6. The molecular weight excluding hydrogens is 232 g/mol. The van der Waals surface area contributed by atoms with Crippen LogP contribution in [-0.2, 0) is 0 Å². The van der Waals surface area contributed by atoms with E-state index in [4.69, 9.17) is 11.6 Å². The molecular formula is C14H19ClN2. The van der Waals surface area contributed by atoms with Crippen molar-refractivity contribution >= 4 is 22.5 Å². The molecule has 92 valence electrons. The molecule has 0 aliphatic rings. The van der Waals surface area contributed by atoms with Crippen molar-refractivity contribution in [2.45, 2.75) is 33.2 Å². The third-order valence-electron chi connectivity index (χ3n) is 3.13. The number of nitrogens with one attached hydrogen (secondary N) is 2. The number of hydrogen-bond acceptors (Lipinski definition) is 1. The Labute approximate surface area is 107 Å². The van der Waals surface area contributed by atoms with Gasteiger partial charge in [-0.05, 0) is 50.6 Å². The van der Waals surface area contributed by atoms with Gasteiger partial charge in [-0.25, -0.2) is 0 Å². The van der Waals surface area contributed by atoms with Gasteiger partial charge in [0.2, 0.25) is 0 Å². The summed E-state index contributed by atoms with van der Waals surface area (Å²) in [7, 11) is 0. The van der Waals surface area contributed by atoms with Crippen LogP contribution in [0.4, 0.5) is 0 Å². The maximum atomic E-state index is 6.07. The molecule has 0 aliphatic heterocycles. The standard InChI is InChI=1S/C14H19ClN2/c1-4-7-16-9(2)14-10(3)17-13-6-5-11(15)8-12(13)14/h5-6,8-9,16-17H,4,7H2,1-3H3. The summed E-state index contributed by atoms with van der Waals surface area (Å²) >= 11 is 6.07. The lowest BCUT2D eigenvalue weighted by molar-refractivity contribution is 0.571. The first-order valence-corrected chi connectivity index (χ1v) is 6.52. The fourth-order valence-electron chi connectivity index (χ4n) is 2.34. The third kappa shape index (κ3) is 2.48. The summed E-state index contributed by atoms with van der Waals surface area (Å²) < 4.78 is 0. The van der Waals surface area contributed by atoms with E-state index in [1.54, 1.807) is 0 Å². The molecule has 0 radical (unpaired) electrons. The van der Waals surface area contributed by atoms with E-state index in [-0.39, 0.29) is 0 Å². The number of aromatic nitrogens is 1. The molecule has 0 amide bonds. The molecule has 1 unspecified atom stereocenters. The molecule has 0 fully saturated rings. The molecule has 1 atom stereocenters. The second-order valence-electron chi connectivity index (χ2n) is 4.53. The molecule has 0 bridgehead atoms. The van der Waals surface area contributed by atoms with Crippen molar-refractivity contribution in [3.05, 3.63) is 34.5 Å². The Morgan fingerprint density at radius 3 is 2.88 bits per heavy atom. The van der Waals surface area contributed by atoms with E-state index in [2.05, 4.69) is 31.1 Å². The van der Waals surface area contributed by atoms with Gasteiger partial charge in [0.05, 0.1) is 0 Å². The van der Waals surface area contributed by atoms with Crippen molar-refractivity contribution in [3.8, 4) is 0 Å². The van der Waals surface area contributed by atoms with Gasteiger partial charge in [-0.1, -0.05) is 18.5 Å². The monoisotopic (exact) mass is 250 g/mol. The minimum Gasteiger partial charge on any atom is -0.358 e. The van der Waals surface area contributed by atoms with Crippen LogP contribution in [0.5, 0.6) is 0 Å². The van der Waals surface area contributed by atoms with Crippen molar-refractivity contribution in [2.75, 3.05) is 6.54 Å². The van der Waals surface area contributed by atoms with Gasteiger partial charge in [0, 0.05) is 27.7 Å². The van der Waals surface area contributed by atoms with E-state index >= 15 is 0 Å². The SMILES string of the molecule is CCCNC(C)c1c(C)[nH]c2ccc(Cl)cc12. The van der Waals surface area contributed by atoms with Gasteiger partial charge in [0.1, 0.15) is 0 Å². The van der Waals surface area contributed by atoms with E-state index in [9.17, 15) is 0 Å². The molecule has 17 heavy (non-hydrogen) atoms. The van der Waals surface area contributed by atoms with Gasteiger partial charge in [-0.3, -0.25) is 0 Å². The second kappa shape index (κ2) is 5.11. The summed E-state index contributed by atoms with van der Waals surface area (Å²) in [5.74, 6) is 0. The van der Waals surface area contributed by atoms with Crippen LogP contribution in [0.15, 0.2) is 18.2 Å². The molecule has 0 saturated carbocycles. The molecule has 0 saturated heterocycles. The summed E-state index contributed by atoms with van der Waals surface area (Å²) in [6, 6.07) is 6.36. The minimum absolute atomic E-state index is 0.349. The number of aromatic amines is 1. The summed E-state index contributed by atoms with van der Waals surface area (Å²) in [5, 5.41) is 5.54. The summed E-state index contributed by atoms with van der Waals surface area (Å²) in [4.78, 5) is 3.41. The Hall–Kier alpha value is -0.990. The Bertz CT molecular complexity index is 516.